The van der Waals surface area contributed by atoms with Crippen LogP contribution in [-0.2, 0) is 23.9 Å². The van der Waals surface area contributed by atoms with Crippen LogP contribution in [0.2, 0.25) is 0 Å². The third-order valence-corrected chi connectivity index (χ3v) is 0.819. The zero-order valence-corrected chi connectivity index (χ0v) is 6.35. The van der Waals surface area contributed by atoms with E-state index < -0.39 is 36.7 Å². The van der Waals surface area contributed by atoms with Crippen molar-refractivity contribution in [3.8, 4) is 0 Å². The number of hydrogen-bond acceptors (Lipinski definition) is 5. The lowest BCUT2D eigenvalue weighted by molar-refractivity contribution is -0.163. The second-order valence-corrected chi connectivity index (χ2v) is 1.99. The van der Waals surface area contributed by atoms with Crippen LogP contribution in [0, 0.1) is 0 Å². The van der Waals surface area contributed by atoms with Crippen LogP contribution in [0.15, 0.2) is 0 Å². The van der Waals surface area contributed by atoms with Crippen LogP contribution in [-0.4, -0.2) is 34.1 Å². The molecule has 0 saturated heterocycles. The summed E-state index contributed by atoms with van der Waals surface area (Å²) >= 11 is 0. The third-order valence-electron chi connectivity index (χ3n) is 0.819. The fraction of sp³-hybridized carbons (Fsp3) is 0.333. The smallest absolute Gasteiger partial charge is 0.324 e. The predicted octanol–water partition coefficient (Wildman–Crippen LogP) is -0.994. The van der Waals surface area contributed by atoms with Gasteiger partial charge in [-0.2, -0.15) is 0 Å². The van der Waals surface area contributed by atoms with Crippen molar-refractivity contribution in [1.82, 2.24) is 0 Å². The average molecular weight is 190 g/mol. The molecule has 0 saturated carbocycles. The molecule has 0 aromatic carbocycles. The molecule has 0 atom stereocenters. The fourth-order valence-corrected chi connectivity index (χ4v) is 0.446. The van der Waals surface area contributed by atoms with Gasteiger partial charge in [0.05, 0.1) is 0 Å². The number of carbonyl (C=O) groups excluding carboxylic acids is 2. The highest BCUT2D eigenvalue weighted by Crippen LogP contribution is 1.91. The molecule has 0 aromatic rings. The summed E-state index contributed by atoms with van der Waals surface area (Å²) in [6.45, 7) is 0. The molecule has 0 aromatic heterocycles. The number of aliphatic carboxylic acids is 2. The molecule has 7 heteroatoms. The lowest BCUT2D eigenvalue weighted by atomic mass is 10.4. The molecular formula is C6H6O7. The van der Waals surface area contributed by atoms with Gasteiger partial charge >= 0.3 is 23.9 Å². The summed E-state index contributed by atoms with van der Waals surface area (Å²) in [5.74, 6) is -5.46. The predicted molar refractivity (Wildman–Crippen MR) is 35.6 cm³/mol. The second kappa shape index (κ2) is 4.86. The van der Waals surface area contributed by atoms with Gasteiger partial charge in [0.2, 0.25) is 0 Å². The van der Waals surface area contributed by atoms with Gasteiger partial charge in [0.15, 0.2) is 0 Å². The molecule has 0 aliphatic heterocycles. The minimum Gasteiger partial charge on any atom is -0.481 e. The minimum atomic E-state index is -1.45. The summed E-state index contributed by atoms with van der Waals surface area (Å²) in [6, 6.07) is 0. The molecule has 72 valence electrons. The van der Waals surface area contributed by atoms with Crippen LogP contribution in [0.4, 0.5) is 0 Å². The Balaban J connectivity index is 3.85. The summed E-state index contributed by atoms with van der Waals surface area (Å²) in [6.07, 6.45) is -1.93. The molecule has 0 fully saturated rings. The van der Waals surface area contributed by atoms with Crippen molar-refractivity contribution < 1.29 is 34.1 Å². The maximum Gasteiger partial charge on any atom is 0.324 e. The second-order valence-electron chi connectivity index (χ2n) is 1.99. The van der Waals surface area contributed by atoms with Crippen molar-refractivity contribution >= 4 is 23.9 Å². The third kappa shape index (κ3) is 6.48. The SMILES string of the molecule is O=C(O)CC(=O)OC(=O)CC(=O)O. The normalized spacial score (nSPS) is 8.92. The molecule has 0 bridgehead atoms. The van der Waals surface area contributed by atoms with Gasteiger partial charge < -0.3 is 14.9 Å². The van der Waals surface area contributed by atoms with Gasteiger partial charge in [0.1, 0.15) is 12.8 Å². The topological polar surface area (TPSA) is 118 Å². The van der Waals surface area contributed by atoms with E-state index in [4.69, 9.17) is 10.2 Å². The van der Waals surface area contributed by atoms with Gasteiger partial charge in [-0.1, -0.05) is 0 Å². The van der Waals surface area contributed by atoms with Gasteiger partial charge in [0, 0.05) is 0 Å². The molecule has 0 aliphatic rings. The number of rotatable bonds is 4. The van der Waals surface area contributed by atoms with E-state index in [1.54, 1.807) is 0 Å². The molecule has 0 radical (unpaired) electrons. The van der Waals surface area contributed by atoms with E-state index in [0.29, 0.717) is 0 Å². The van der Waals surface area contributed by atoms with Crippen LogP contribution in [0.5, 0.6) is 0 Å². The van der Waals surface area contributed by atoms with E-state index in [0.717, 1.165) is 0 Å². The molecule has 0 unspecified atom stereocenters. The first kappa shape index (κ1) is 11.1. The Labute approximate surface area is 71.9 Å². The molecule has 7 nitrogen and oxygen atoms in total. The summed E-state index contributed by atoms with van der Waals surface area (Å²) < 4.78 is 3.83. The van der Waals surface area contributed by atoms with Crippen LogP contribution in [0.25, 0.3) is 0 Å². The standard InChI is InChI=1S/C6H6O7/c7-3(8)1-5(11)13-6(12)2-4(9)10/h1-2H2,(H,7,8)(H,9,10). The largest absolute Gasteiger partial charge is 0.481 e. The zero-order chi connectivity index (χ0) is 10.4. The summed E-state index contributed by atoms with van der Waals surface area (Å²) in [5.41, 5.74) is 0. The first-order valence-corrected chi connectivity index (χ1v) is 3.09. The van der Waals surface area contributed by atoms with E-state index in [1.807, 2.05) is 0 Å². The minimum absolute atomic E-state index is 0.967. The number of carboxylic acids is 2. The van der Waals surface area contributed by atoms with Gasteiger partial charge in [-0.25, -0.2) is 0 Å². The van der Waals surface area contributed by atoms with Crippen molar-refractivity contribution in [2.45, 2.75) is 12.8 Å². The maximum absolute atomic E-state index is 10.4. The van der Waals surface area contributed by atoms with E-state index in [2.05, 4.69) is 4.74 Å². The summed E-state index contributed by atoms with van der Waals surface area (Å²) in [5, 5.41) is 16.1. The van der Waals surface area contributed by atoms with Gasteiger partial charge in [-0.15, -0.1) is 0 Å². The number of esters is 2. The Kier molecular flexibility index (Phi) is 4.14. The first-order chi connectivity index (χ1) is 5.91. The number of carboxylic acid groups (broad SMARTS) is 2. The van der Waals surface area contributed by atoms with Crippen LogP contribution in [0.3, 0.4) is 0 Å². The molecular weight excluding hydrogens is 184 g/mol. The first-order valence-electron chi connectivity index (χ1n) is 3.09. The number of ether oxygens (including phenoxy) is 1. The Morgan fingerprint density at radius 3 is 1.38 bits per heavy atom. The van der Waals surface area contributed by atoms with E-state index in [1.165, 1.54) is 0 Å². The van der Waals surface area contributed by atoms with Crippen LogP contribution >= 0.6 is 0 Å². The van der Waals surface area contributed by atoms with Crippen molar-refractivity contribution in [2.24, 2.45) is 0 Å². The monoisotopic (exact) mass is 190 g/mol. The Bertz CT molecular complexity index is 228. The molecule has 13 heavy (non-hydrogen) atoms. The fourth-order valence-electron chi connectivity index (χ4n) is 0.446. The van der Waals surface area contributed by atoms with Crippen molar-refractivity contribution in [2.75, 3.05) is 0 Å². The molecule has 0 amide bonds. The summed E-state index contributed by atoms with van der Waals surface area (Å²) in [7, 11) is 0. The highest BCUT2D eigenvalue weighted by molar-refractivity contribution is 5.99. The molecule has 0 aliphatic carbocycles. The Morgan fingerprint density at radius 1 is 0.846 bits per heavy atom. The Hall–Kier alpha value is -1.92. The lowest BCUT2D eigenvalue weighted by Gasteiger charge is -1.97. The van der Waals surface area contributed by atoms with Gasteiger partial charge in [0.25, 0.3) is 0 Å². The van der Waals surface area contributed by atoms with Gasteiger partial charge in [-0.3, -0.25) is 19.2 Å². The summed E-state index contributed by atoms with van der Waals surface area (Å²) in [4.78, 5) is 40.6. The molecule has 0 heterocycles. The lowest BCUT2D eigenvalue weighted by Crippen LogP contribution is -2.17. The zero-order valence-electron chi connectivity index (χ0n) is 6.35. The highest BCUT2D eigenvalue weighted by atomic mass is 16.6. The maximum atomic E-state index is 10.4. The van der Waals surface area contributed by atoms with E-state index >= 15 is 0 Å². The number of carbonyl (C=O) groups is 4. The van der Waals surface area contributed by atoms with Gasteiger partial charge in [-0.05, 0) is 0 Å². The average Bonchev–Trinajstić information content (AvgIpc) is 1.80. The Morgan fingerprint density at radius 2 is 1.15 bits per heavy atom. The van der Waals surface area contributed by atoms with Crippen LogP contribution < -0.4 is 0 Å². The van der Waals surface area contributed by atoms with Crippen molar-refractivity contribution in [3.63, 3.8) is 0 Å². The molecule has 2 N–H and O–H groups in total. The van der Waals surface area contributed by atoms with E-state index in [-0.39, 0.29) is 0 Å². The number of hydrogen-bond donors (Lipinski definition) is 2. The van der Waals surface area contributed by atoms with E-state index in [9.17, 15) is 19.2 Å². The van der Waals surface area contributed by atoms with Crippen LogP contribution in [0.1, 0.15) is 12.8 Å². The van der Waals surface area contributed by atoms with Crippen molar-refractivity contribution in [3.05, 3.63) is 0 Å². The highest BCUT2D eigenvalue weighted by Gasteiger charge is 2.16. The van der Waals surface area contributed by atoms with Crippen molar-refractivity contribution in [1.29, 1.82) is 0 Å². The quantitative estimate of drug-likeness (QED) is 0.431. The molecule has 0 rings (SSSR count). The molecule has 0 spiro atoms.